The van der Waals surface area contributed by atoms with Gasteiger partial charge in [-0.05, 0) is 45.2 Å². The number of rotatable bonds is 2. The first-order chi connectivity index (χ1) is 17.4. The lowest BCUT2D eigenvalue weighted by Crippen LogP contribution is -1.98. The second-order valence-electron chi connectivity index (χ2n) is 9.33. The quantitative estimate of drug-likeness (QED) is 0.251. The number of hydrogen-bond donors (Lipinski definition) is 0. The molecule has 35 heavy (non-hydrogen) atoms. The van der Waals surface area contributed by atoms with Gasteiger partial charge in [-0.25, -0.2) is 0 Å². The lowest BCUT2D eigenvalue weighted by molar-refractivity contribution is 1.18. The Morgan fingerprint density at radius 3 is 2.03 bits per heavy atom. The molecule has 1 aliphatic carbocycles. The first kappa shape index (κ1) is 18.8. The number of fused-ring (bicyclic) bond motifs is 7. The molecule has 0 fully saturated rings. The minimum absolute atomic E-state index is 1.21. The molecule has 1 heteroatoms. The summed E-state index contributed by atoms with van der Waals surface area (Å²) in [4.78, 5) is 0. The van der Waals surface area contributed by atoms with Crippen molar-refractivity contribution in [1.82, 2.24) is 4.57 Å². The first-order valence-electron chi connectivity index (χ1n) is 12.1. The zero-order chi connectivity index (χ0) is 22.9. The van der Waals surface area contributed by atoms with Crippen molar-refractivity contribution in [3.05, 3.63) is 127 Å². The number of benzene rings is 6. The maximum Gasteiger partial charge on any atom is 0.0626 e. The summed E-state index contributed by atoms with van der Waals surface area (Å²) in [6.45, 7) is 0. The minimum atomic E-state index is 1.21. The summed E-state index contributed by atoms with van der Waals surface area (Å²) in [5, 5.41) is 5.26. The van der Waals surface area contributed by atoms with E-state index >= 15 is 0 Å². The topological polar surface area (TPSA) is 4.93 Å². The molecular weight excluding hydrogens is 422 g/mol. The summed E-state index contributed by atoms with van der Waals surface area (Å²) >= 11 is 0. The largest absolute Gasteiger partial charge is 0.308 e. The van der Waals surface area contributed by atoms with Crippen LogP contribution in [0, 0.1) is 0 Å². The summed E-state index contributed by atoms with van der Waals surface area (Å²) in [5.41, 5.74) is 11.5. The van der Waals surface area contributed by atoms with Crippen LogP contribution >= 0.6 is 0 Å². The maximum atomic E-state index is 2.50. The zero-order valence-corrected chi connectivity index (χ0v) is 19.1. The molecule has 0 spiro atoms. The molecule has 0 amide bonds. The number of hydrogen-bond acceptors (Lipinski definition) is 0. The molecular formula is C34H21N. The van der Waals surface area contributed by atoms with Crippen molar-refractivity contribution in [2.24, 2.45) is 0 Å². The normalized spacial score (nSPS) is 12.0. The van der Waals surface area contributed by atoms with Crippen LogP contribution in [0.25, 0.3) is 71.6 Å². The second-order valence-corrected chi connectivity index (χ2v) is 9.33. The summed E-state index contributed by atoms with van der Waals surface area (Å²) in [6.07, 6.45) is 0. The first-order valence-corrected chi connectivity index (χ1v) is 12.1. The number of para-hydroxylation sites is 2. The van der Waals surface area contributed by atoms with E-state index in [-0.39, 0.29) is 0 Å². The van der Waals surface area contributed by atoms with E-state index in [2.05, 4.69) is 132 Å². The molecule has 0 bridgehead atoms. The Labute approximate surface area is 203 Å². The van der Waals surface area contributed by atoms with E-state index in [1.54, 1.807) is 0 Å². The fourth-order valence-corrected chi connectivity index (χ4v) is 6.11. The summed E-state index contributed by atoms with van der Waals surface area (Å²) in [7, 11) is 0. The van der Waals surface area contributed by atoms with Crippen molar-refractivity contribution >= 4 is 32.6 Å². The molecule has 7 aromatic rings. The fourth-order valence-electron chi connectivity index (χ4n) is 6.11. The van der Waals surface area contributed by atoms with Crippen LogP contribution in [0.1, 0.15) is 0 Å². The molecule has 1 nitrogen and oxygen atoms in total. The highest BCUT2D eigenvalue weighted by atomic mass is 15.0. The van der Waals surface area contributed by atoms with Gasteiger partial charge >= 0.3 is 0 Å². The lowest BCUT2D eigenvalue weighted by Gasteiger charge is -2.16. The highest BCUT2D eigenvalue weighted by molar-refractivity contribution is 6.24. The van der Waals surface area contributed by atoms with Crippen molar-refractivity contribution in [1.29, 1.82) is 0 Å². The van der Waals surface area contributed by atoms with Crippen molar-refractivity contribution in [3.63, 3.8) is 0 Å². The Kier molecular flexibility index (Phi) is 3.72. The molecule has 0 aliphatic heterocycles. The van der Waals surface area contributed by atoms with E-state index < -0.39 is 0 Å². The Bertz CT molecular complexity index is 1930. The molecule has 162 valence electrons. The molecule has 0 unspecified atom stereocenters. The van der Waals surface area contributed by atoms with Crippen molar-refractivity contribution in [3.8, 4) is 39.1 Å². The number of aromatic nitrogens is 1. The third kappa shape index (κ3) is 2.47. The molecule has 0 atom stereocenters. The molecule has 8 rings (SSSR count). The van der Waals surface area contributed by atoms with Crippen molar-refractivity contribution in [2.45, 2.75) is 0 Å². The van der Waals surface area contributed by atoms with Gasteiger partial charge in [-0.1, -0.05) is 115 Å². The second kappa shape index (κ2) is 6.94. The Morgan fingerprint density at radius 2 is 1.14 bits per heavy atom. The molecule has 6 aromatic carbocycles. The molecule has 1 heterocycles. The third-order valence-electron chi connectivity index (χ3n) is 7.53. The van der Waals surface area contributed by atoms with Crippen molar-refractivity contribution in [2.75, 3.05) is 0 Å². The predicted octanol–water partition coefficient (Wildman–Crippen LogP) is 9.25. The molecule has 1 aliphatic rings. The Morgan fingerprint density at radius 1 is 0.429 bits per heavy atom. The molecule has 0 N–H and O–H groups in total. The monoisotopic (exact) mass is 443 g/mol. The summed E-state index contributed by atoms with van der Waals surface area (Å²) in [6, 6.07) is 46.4. The smallest absolute Gasteiger partial charge is 0.0626 e. The molecule has 1 aromatic heterocycles. The maximum absolute atomic E-state index is 2.50. The predicted molar refractivity (Wildman–Crippen MR) is 148 cm³/mol. The van der Waals surface area contributed by atoms with E-state index in [0.29, 0.717) is 0 Å². The highest BCUT2D eigenvalue weighted by Crippen LogP contribution is 2.52. The van der Waals surface area contributed by atoms with Gasteiger partial charge in [0.1, 0.15) is 0 Å². The van der Waals surface area contributed by atoms with Gasteiger partial charge in [0.2, 0.25) is 0 Å². The van der Waals surface area contributed by atoms with Gasteiger partial charge < -0.3 is 4.57 Å². The van der Waals surface area contributed by atoms with Crippen LogP contribution in [0.4, 0.5) is 0 Å². The van der Waals surface area contributed by atoms with E-state index in [1.165, 1.54) is 71.6 Å². The van der Waals surface area contributed by atoms with Crippen LogP contribution in [-0.2, 0) is 0 Å². The SMILES string of the molecule is c1ccc(-c2ccccc2-n2c3ccccc3c3ccc4c(c32)-c2cccc3cccc-4c23)cc1. The van der Waals surface area contributed by atoms with E-state index in [1.807, 2.05) is 0 Å². The van der Waals surface area contributed by atoms with Gasteiger partial charge in [-0.3, -0.25) is 0 Å². The van der Waals surface area contributed by atoms with Crippen LogP contribution in [0.5, 0.6) is 0 Å². The average molecular weight is 444 g/mol. The van der Waals surface area contributed by atoms with Crippen LogP contribution in [0.3, 0.4) is 0 Å². The van der Waals surface area contributed by atoms with Gasteiger partial charge in [0, 0.05) is 21.9 Å². The van der Waals surface area contributed by atoms with Gasteiger partial charge in [0.25, 0.3) is 0 Å². The molecule has 0 saturated carbocycles. The Balaban J connectivity index is 1.58. The van der Waals surface area contributed by atoms with E-state index in [4.69, 9.17) is 0 Å². The van der Waals surface area contributed by atoms with Gasteiger partial charge in [0.15, 0.2) is 0 Å². The standard InChI is InChI=1S/C34H21N/c1-2-10-22(11-3-1)24-14-4-6-18-30(24)35-31-19-7-5-15-25(31)28-21-20-27-26-16-8-12-23-13-9-17-29(32(23)26)33(27)34(28)35/h1-21H. The molecule has 0 radical (unpaired) electrons. The van der Waals surface area contributed by atoms with E-state index in [9.17, 15) is 0 Å². The van der Waals surface area contributed by atoms with E-state index in [0.717, 1.165) is 0 Å². The van der Waals surface area contributed by atoms with Crippen LogP contribution < -0.4 is 0 Å². The van der Waals surface area contributed by atoms with Gasteiger partial charge in [-0.15, -0.1) is 0 Å². The minimum Gasteiger partial charge on any atom is -0.308 e. The zero-order valence-electron chi connectivity index (χ0n) is 19.1. The number of nitrogens with zero attached hydrogens (tertiary/aromatic N) is 1. The van der Waals surface area contributed by atoms with Crippen molar-refractivity contribution < 1.29 is 0 Å². The highest BCUT2D eigenvalue weighted by Gasteiger charge is 2.27. The van der Waals surface area contributed by atoms with Crippen LogP contribution in [0.2, 0.25) is 0 Å². The van der Waals surface area contributed by atoms with Gasteiger partial charge in [-0.2, -0.15) is 0 Å². The lowest BCUT2D eigenvalue weighted by atomic mass is 9.99. The Hall–Kier alpha value is -4.62. The fraction of sp³-hybridized carbons (Fsp3) is 0. The third-order valence-corrected chi connectivity index (χ3v) is 7.53. The summed E-state index contributed by atoms with van der Waals surface area (Å²) in [5.74, 6) is 0. The average Bonchev–Trinajstić information content (AvgIpc) is 3.44. The van der Waals surface area contributed by atoms with Gasteiger partial charge in [0.05, 0.1) is 16.7 Å². The summed E-state index contributed by atoms with van der Waals surface area (Å²) < 4.78 is 2.50. The van der Waals surface area contributed by atoms with Crippen LogP contribution in [-0.4, -0.2) is 4.57 Å². The molecule has 0 saturated heterocycles. The van der Waals surface area contributed by atoms with Crippen LogP contribution in [0.15, 0.2) is 127 Å².